The summed E-state index contributed by atoms with van der Waals surface area (Å²) in [5.41, 5.74) is 3.09. The second-order valence-electron chi connectivity index (χ2n) is 11.2. The van der Waals surface area contributed by atoms with E-state index in [4.69, 9.17) is 2.74 Å². The summed E-state index contributed by atoms with van der Waals surface area (Å²) in [4.78, 5) is 0. The van der Waals surface area contributed by atoms with Crippen LogP contribution in [0.2, 0.25) is 0 Å². The van der Waals surface area contributed by atoms with E-state index in [0.717, 1.165) is 32.3 Å². The van der Waals surface area contributed by atoms with E-state index in [1.54, 1.807) is 0 Å². The van der Waals surface area contributed by atoms with Gasteiger partial charge in [-0.2, -0.15) is 0 Å². The number of hydrogen-bond acceptors (Lipinski definition) is 0. The van der Waals surface area contributed by atoms with Crippen LogP contribution in [0.1, 0.15) is 9.60 Å². The van der Waals surface area contributed by atoms with Crippen LogP contribution in [0.25, 0.3) is 87.2 Å². The first-order valence-corrected chi connectivity index (χ1v) is 14.7. The van der Waals surface area contributed by atoms with Gasteiger partial charge >= 0.3 is 0 Å². The van der Waals surface area contributed by atoms with Gasteiger partial charge in [0.05, 0.1) is 9.60 Å². The molecule has 0 heteroatoms. The van der Waals surface area contributed by atoms with Gasteiger partial charge in [0.15, 0.2) is 0 Å². The Morgan fingerprint density at radius 3 is 1.75 bits per heavy atom. The summed E-state index contributed by atoms with van der Waals surface area (Å²) in [5, 5.41) is 7.33. The Balaban J connectivity index is 1.52. The largest absolute Gasteiger partial charge is 0.0636 e. The molecule has 0 aromatic heterocycles. The first-order valence-electron chi connectivity index (χ1n) is 18.2. The predicted octanol–water partition coefficient (Wildman–Crippen LogP) is 12.5. The van der Waals surface area contributed by atoms with E-state index in [9.17, 15) is 6.85 Å². The molecule has 0 saturated carbocycles. The monoisotopic (exact) mass is 563 g/mol. The molecule has 0 aliphatic heterocycles. The quantitative estimate of drug-likeness (QED) is 0.148. The van der Waals surface area contributed by atoms with Crippen LogP contribution in [0.5, 0.6) is 0 Å². The van der Waals surface area contributed by atoms with Gasteiger partial charge in [0.1, 0.15) is 0 Å². The molecule has 0 radical (unpaired) electrons. The van der Waals surface area contributed by atoms with Crippen molar-refractivity contribution in [2.75, 3.05) is 0 Å². The van der Waals surface area contributed by atoms with Crippen LogP contribution in [0.3, 0.4) is 0 Å². The molecule has 9 aromatic rings. The van der Waals surface area contributed by atoms with Crippen molar-refractivity contribution in [3.05, 3.63) is 170 Å². The summed E-state index contributed by atoms with van der Waals surface area (Å²) in [6.45, 7) is 0. The number of benzene rings is 9. The molecule has 0 amide bonds. The van der Waals surface area contributed by atoms with Crippen molar-refractivity contribution in [1.29, 1.82) is 0 Å². The average Bonchev–Trinajstić information content (AvgIpc) is 3.17. The Morgan fingerprint density at radius 1 is 0.318 bits per heavy atom. The maximum absolute atomic E-state index is 9.89. The zero-order chi connectivity index (χ0) is 35.1. The number of fused-ring (bicyclic) bond motifs is 6. The predicted molar refractivity (Wildman–Crippen MR) is 190 cm³/mol. The summed E-state index contributed by atoms with van der Waals surface area (Å²) in [5.74, 6) is 0. The van der Waals surface area contributed by atoms with Gasteiger partial charge in [-0.1, -0.05) is 152 Å². The van der Waals surface area contributed by atoms with Gasteiger partial charge in [0, 0.05) is 0 Å². The summed E-state index contributed by atoms with van der Waals surface area (Å²) in [6.07, 6.45) is 0. The van der Waals surface area contributed by atoms with E-state index in [2.05, 4.69) is 18.2 Å². The maximum atomic E-state index is 9.89. The molecule has 0 heterocycles. The molecule has 204 valence electrons. The highest BCUT2D eigenvalue weighted by atomic mass is 14.2. The second-order valence-corrected chi connectivity index (χ2v) is 11.2. The van der Waals surface area contributed by atoms with Crippen molar-refractivity contribution in [3.63, 3.8) is 0 Å². The van der Waals surface area contributed by atoms with Crippen LogP contribution < -0.4 is 0 Å². The van der Waals surface area contributed by atoms with Crippen molar-refractivity contribution < 1.29 is 9.60 Å². The van der Waals surface area contributed by atoms with Gasteiger partial charge in [0.25, 0.3) is 0 Å². The normalized spacial score (nSPS) is 13.9. The molecular weight excluding hydrogens is 528 g/mol. The summed E-state index contributed by atoms with van der Waals surface area (Å²) < 4.78 is 65.2. The maximum Gasteiger partial charge on any atom is 0.0636 e. The zero-order valence-electron chi connectivity index (χ0n) is 30.6. The van der Waals surface area contributed by atoms with Gasteiger partial charge in [-0.3, -0.25) is 0 Å². The standard InChI is InChI=1S/C44H28/c1-2-12-31(13-3-1)43-39-16-8-9-17-40(39)44(36-23-24-38-35(27-36)21-19-30-11-6-7-15-37(30)38)41-25-22-34(28-42(41)43)33-20-18-29-10-4-5-14-32(29)26-33/h1-28H/i8D,9D,16D,17D,22D,25D,28D. The highest BCUT2D eigenvalue weighted by Crippen LogP contribution is 2.45. The summed E-state index contributed by atoms with van der Waals surface area (Å²) in [7, 11) is 0. The Hall–Kier alpha value is -5.72. The molecule has 0 nitrogen and oxygen atoms in total. The summed E-state index contributed by atoms with van der Waals surface area (Å²) in [6, 6.07) is 39.7. The van der Waals surface area contributed by atoms with Gasteiger partial charge in [-0.05, 0) is 105 Å². The minimum absolute atomic E-state index is 0.0301. The third-order valence-electron chi connectivity index (χ3n) is 8.63. The molecule has 0 aliphatic rings. The SMILES string of the molecule is [2H]c1c([2H])c([2H])c2c(-c3ccccc3)c3c([2H])c(-c4ccc5ccccc5c4)c([2H])c([2H])c3c(-c3ccc4c(ccc5ccccc54)c3)c2c1[2H]. The minimum atomic E-state index is -0.379. The van der Waals surface area contributed by atoms with E-state index in [1.807, 2.05) is 109 Å². The van der Waals surface area contributed by atoms with E-state index in [-0.39, 0.29) is 53.1 Å². The molecule has 44 heavy (non-hydrogen) atoms. The molecule has 0 spiro atoms. The fourth-order valence-electron chi connectivity index (χ4n) is 6.56. The van der Waals surface area contributed by atoms with Crippen molar-refractivity contribution in [1.82, 2.24) is 0 Å². The van der Waals surface area contributed by atoms with E-state index in [1.165, 1.54) is 0 Å². The first kappa shape index (κ1) is 18.7. The number of hydrogen-bond donors (Lipinski definition) is 0. The Morgan fingerprint density at radius 2 is 0.909 bits per heavy atom. The lowest BCUT2D eigenvalue weighted by atomic mass is 9.84. The molecule has 0 N–H and O–H groups in total. The molecular formula is C44H28. The molecule has 0 atom stereocenters. The average molecular weight is 564 g/mol. The van der Waals surface area contributed by atoms with Crippen LogP contribution in [-0.2, 0) is 0 Å². The first-order chi connectivity index (χ1) is 24.7. The van der Waals surface area contributed by atoms with Crippen LogP contribution >= 0.6 is 0 Å². The highest BCUT2D eigenvalue weighted by Gasteiger charge is 2.18. The van der Waals surface area contributed by atoms with E-state index >= 15 is 0 Å². The molecule has 0 aliphatic carbocycles. The fourth-order valence-corrected chi connectivity index (χ4v) is 6.56. The molecule has 0 fully saturated rings. The van der Waals surface area contributed by atoms with Gasteiger partial charge in [-0.25, -0.2) is 0 Å². The topological polar surface area (TPSA) is 0 Å². The van der Waals surface area contributed by atoms with E-state index < -0.39 is 0 Å². The Labute approximate surface area is 266 Å². The summed E-state index contributed by atoms with van der Waals surface area (Å²) >= 11 is 0. The highest BCUT2D eigenvalue weighted by molar-refractivity contribution is 6.22. The molecule has 9 aromatic carbocycles. The van der Waals surface area contributed by atoms with Crippen LogP contribution in [0.15, 0.2) is 170 Å². The fraction of sp³-hybridized carbons (Fsp3) is 0. The minimum Gasteiger partial charge on any atom is -0.0622 e. The van der Waals surface area contributed by atoms with Crippen molar-refractivity contribution in [2.24, 2.45) is 0 Å². The number of rotatable bonds is 3. The third-order valence-corrected chi connectivity index (χ3v) is 8.63. The van der Waals surface area contributed by atoms with Crippen molar-refractivity contribution in [2.45, 2.75) is 0 Å². The molecule has 0 unspecified atom stereocenters. The molecule has 0 bridgehead atoms. The lowest BCUT2D eigenvalue weighted by Gasteiger charge is -2.19. The van der Waals surface area contributed by atoms with Crippen LogP contribution in [-0.4, -0.2) is 0 Å². The molecule has 9 rings (SSSR count). The van der Waals surface area contributed by atoms with E-state index in [0.29, 0.717) is 44.2 Å². The smallest absolute Gasteiger partial charge is 0.0622 e. The van der Waals surface area contributed by atoms with Crippen molar-refractivity contribution >= 4 is 53.9 Å². The lowest BCUT2D eigenvalue weighted by Crippen LogP contribution is -1.92. The second kappa shape index (κ2) is 9.93. The zero-order valence-corrected chi connectivity index (χ0v) is 23.6. The Kier molecular flexibility index (Phi) is 4.23. The van der Waals surface area contributed by atoms with Gasteiger partial charge in [0.2, 0.25) is 0 Å². The van der Waals surface area contributed by atoms with Gasteiger partial charge in [-0.15, -0.1) is 0 Å². The van der Waals surface area contributed by atoms with Crippen LogP contribution in [0, 0.1) is 0 Å². The van der Waals surface area contributed by atoms with Crippen molar-refractivity contribution in [3.8, 4) is 33.4 Å². The van der Waals surface area contributed by atoms with Gasteiger partial charge < -0.3 is 0 Å². The van der Waals surface area contributed by atoms with Crippen LogP contribution in [0.4, 0.5) is 0 Å². The lowest BCUT2D eigenvalue weighted by molar-refractivity contribution is 1.65. The molecule has 0 saturated heterocycles. The Bertz CT molecular complexity index is 2930. The third kappa shape index (κ3) is 3.92.